The number of hydrogen-bond donors (Lipinski definition) is 1. The molecule has 0 spiro atoms. The Labute approximate surface area is 124 Å². The van der Waals surface area contributed by atoms with Crippen molar-refractivity contribution in [1.29, 1.82) is 0 Å². The summed E-state index contributed by atoms with van der Waals surface area (Å²) in [5, 5.41) is 17.9. The van der Waals surface area contributed by atoms with E-state index in [0.717, 1.165) is 49.6 Å². The van der Waals surface area contributed by atoms with E-state index in [1.54, 1.807) is 7.11 Å². The molecular weight excluding hydrogens is 266 g/mol. The summed E-state index contributed by atoms with van der Waals surface area (Å²) in [4.78, 5) is 0. The van der Waals surface area contributed by atoms with E-state index in [2.05, 4.69) is 26.9 Å². The standard InChI is InChI=1S/C16H21N3O2/c1-21-14-6-2-12(3-7-14)4-8-15-17-18-16-9-5-13(11-20)10-19(15)16/h2-3,6-7,13,20H,4-5,8-11H2,1H3. The summed E-state index contributed by atoms with van der Waals surface area (Å²) in [6.45, 7) is 1.09. The molecule has 2 aromatic rings. The summed E-state index contributed by atoms with van der Waals surface area (Å²) < 4.78 is 7.36. The highest BCUT2D eigenvalue weighted by molar-refractivity contribution is 5.27. The number of nitrogens with zero attached hydrogens (tertiary/aromatic N) is 3. The monoisotopic (exact) mass is 287 g/mol. The van der Waals surface area contributed by atoms with Gasteiger partial charge in [-0.05, 0) is 30.5 Å². The molecule has 1 aliphatic rings. The quantitative estimate of drug-likeness (QED) is 0.908. The van der Waals surface area contributed by atoms with Gasteiger partial charge in [0.2, 0.25) is 0 Å². The molecule has 112 valence electrons. The second kappa shape index (κ2) is 6.26. The maximum atomic E-state index is 9.34. The molecule has 5 heteroatoms. The van der Waals surface area contributed by atoms with E-state index in [1.807, 2.05) is 12.1 Å². The number of hydrogen-bond acceptors (Lipinski definition) is 4. The Hall–Kier alpha value is -1.88. The second-order valence-electron chi connectivity index (χ2n) is 5.58. The molecule has 0 saturated carbocycles. The number of fused-ring (bicyclic) bond motifs is 1. The zero-order chi connectivity index (χ0) is 14.7. The molecule has 0 bridgehead atoms. The predicted octanol–water partition coefficient (Wildman–Crippen LogP) is 1.63. The normalized spacial score (nSPS) is 17.5. The van der Waals surface area contributed by atoms with Crippen molar-refractivity contribution in [3.63, 3.8) is 0 Å². The van der Waals surface area contributed by atoms with E-state index in [0.29, 0.717) is 5.92 Å². The van der Waals surface area contributed by atoms with E-state index in [-0.39, 0.29) is 6.61 Å². The Morgan fingerprint density at radius 2 is 2.05 bits per heavy atom. The first-order valence-electron chi connectivity index (χ1n) is 7.45. The van der Waals surface area contributed by atoms with Gasteiger partial charge >= 0.3 is 0 Å². The van der Waals surface area contributed by atoms with Crippen LogP contribution in [-0.2, 0) is 25.8 Å². The van der Waals surface area contributed by atoms with Crippen LogP contribution in [0.1, 0.15) is 23.6 Å². The topological polar surface area (TPSA) is 60.2 Å². The third-order valence-corrected chi connectivity index (χ3v) is 4.18. The van der Waals surface area contributed by atoms with Crippen molar-refractivity contribution in [2.45, 2.75) is 32.2 Å². The Balaban J connectivity index is 1.67. The fraction of sp³-hybridized carbons (Fsp3) is 0.500. The van der Waals surface area contributed by atoms with Gasteiger partial charge in [-0.3, -0.25) is 0 Å². The lowest BCUT2D eigenvalue weighted by Gasteiger charge is -2.22. The lowest BCUT2D eigenvalue weighted by atomic mass is 10.00. The van der Waals surface area contributed by atoms with Gasteiger partial charge in [0.15, 0.2) is 0 Å². The molecule has 1 N–H and O–H groups in total. The highest BCUT2D eigenvalue weighted by atomic mass is 16.5. The molecule has 5 nitrogen and oxygen atoms in total. The third kappa shape index (κ3) is 3.08. The van der Waals surface area contributed by atoms with Gasteiger partial charge in [0, 0.05) is 31.9 Å². The first kappa shape index (κ1) is 14.1. The van der Waals surface area contributed by atoms with Gasteiger partial charge in [-0.15, -0.1) is 10.2 Å². The molecule has 0 saturated heterocycles. The number of aryl methyl sites for hydroxylation is 3. The minimum Gasteiger partial charge on any atom is -0.497 e. The number of methoxy groups -OCH3 is 1. The maximum absolute atomic E-state index is 9.34. The molecule has 1 atom stereocenters. The van der Waals surface area contributed by atoms with Crippen LogP contribution in [0.5, 0.6) is 5.75 Å². The van der Waals surface area contributed by atoms with Crippen molar-refractivity contribution in [3.05, 3.63) is 41.5 Å². The number of aromatic nitrogens is 3. The molecule has 0 radical (unpaired) electrons. The Morgan fingerprint density at radius 3 is 2.76 bits per heavy atom. The lowest BCUT2D eigenvalue weighted by molar-refractivity contribution is 0.189. The minimum atomic E-state index is 0.246. The van der Waals surface area contributed by atoms with Crippen molar-refractivity contribution < 1.29 is 9.84 Å². The van der Waals surface area contributed by atoms with Crippen LogP contribution in [0.15, 0.2) is 24.3 Å². The Morgan fingerprint density at radius 1 is 1.24 bits per heavy atom. The average Bonchev–Trinajstić information content (AvgIpc) is 2.95. The van der Waals surface area contributed by atoms with Gasteiger partial charge in [-0.25, -0.2) is 0 Å². The first-order chi connectivity index (χ1) is 10.3. The van der Waals surface area contributed by atoms with Gasteiger partial charge in [-0.1, -0.05) is 12.1 Å². The first-order valence-corrected chi connectivity index (χ1v) is 7.45. The largest absolute Gasteiger partial charge is 0.497 e. The van der Waals surface area contributed by atoms with Crippen LogP contribution >= 0.6 is 0 Å². The van der Waals surface area contributed by atoms with E-state index >= 15 is 0 Å². The molecule has 0 amide bonds. The van der Waals surface area contributed by atoms with Gasteiger partial charge < -0.3 is 14.4 Å². The van der Waals surface area contributed by atoms with Gasteiger partial charge in [0.1, 0.15) is 17.4 Å². The Bertz CT molecular complexity index is 592. The van der Waals surface area contributed by atoms with Crippen LogP contribution in [0, 0.1) is 5.92 Å². The number of benzene rings is 1. The molecule has 1 aromatic carbocycles. The Kier molecular flexibility index (Phi) is 4.20. The number of ether oxygens (including phenoxy) is 1. The smallest absolute Gasteiger partial charge is 0.133 e. The summed E-state index contributed by atoms with van der Waals surface area (Å²) in [5.41, 5.74) is 1.27. The van der Waals surface area contributed by atoms with E-state index < -0.39 is 0 Å². The predicted molar refractivity (Wildman–Crippen MR) is 79.3 cm³/mol. The summed E-state index contributed by atoms with van der Waals surface area (Å²) in [5.74, 6) is 3.31. The SMILES string of the molecule is COc1ccc(CCc2nnc3n2CC(CO)CC3)cc1. The summed E-state index contributed by atoms with van der Waals surface area (Å²) >= 11 is 0. The second-order valence-corrected chi connectivity index (χ2v) is 5.58. The van der Waals surface area contributed by atoms with Crippen LogP contribution < -0.4 is 4.74 Å². The molecule has 1 aromatic heterocycles. The molecule has 0 aliphatic carbocycles. The molecule has 2 heterocycles. The summed E-state index contributed by atoms with van der Waals surface area (Å²) in [7, 11) is 1.68. The summed E-state index contributed by atoms with van der Waals surface area (Å²) in [6, 6.07) is 8.14. The number of rotatable bonds is 5. The van der Waals surface area contributed by atoms with Crippen LogP contribution in [0.3, 0.4) is 0 Å². The van der Waals surface area contributed by atoms with E-state index in [1.165, 1.54) is 5.56 Å². The molecule has 21 heavy (non-hydrogen) atoms. The zero-order valence-corrected chi connectivity index (χ0v) is 12.3. The number of aliphatic hydroxyl groups excluding tert-OH is 1. The molecule has 1 unspecified atom stereocenters. The fourth-order valence-electron chi connectivity index (χ4n) is 2.83. The number of aliphatic hydroxyl groups is 1. The highest BCUT2D eigenvalue weighted by Gasteiger charge is 2.21. The van der Waals surface area contributed by atoms with Gasteiger partial charge in [0.25, 0.3) is 0 Å². The van der Waals surface area contributed by atoms with Crippen LogP contribution in [0.2, 0.25) is 0 Å². The molecule has 1 aliphatic heterocycles. The summed E-state index contributed by atoms with van der Waals surface area (Å²) in [6.07, 6.45) is 3.73. The van der Waals surface area contributed by atoms with Crippen molar-refractivity contribution >= 4 is 0 Å². The van der Waals surface area contributed by atoms with Crippen LogP contribution in [0.4, 0.5) is 0 Å². The van der Waals surface area contributed by atoms with E-state index in [9.17, 15) is 5.11 Å². The van der Waals surface area contributed by atoms with Crippen LogP contribution in [0.25, 0.3) is 0 Å². The molecular formula is C16H21N3O2. The van der Waals surface area contributed by atoms with Crippen molar-refractivity contribution in [2.24, 2.45) is 5.92 Å². The highest BCUT2D eigenvalue weighted by Crippen LogP contribution is 2.20. The van der Waals surface area contributed by atoms with Crippen molar-refractivity contribution in [1.82, 2.24) is 14.8 Å². The van der Waals surface area contributed by atoms with Crippen molar-refractivity contribution in [3.8, 4) is 5.75 Å². The van der Waals surface area contributed by atoms with Crippen molar-refractivity contribution in [2.75, 3.05) is 13.7 Å². The van der Waals surface area contributed by atoms with Gasteiger partial charge in [-0.2, -0.15) is 0 Å². The molecule has 3 rings (SSSR count). The van der Waals surface area contributed by atoms with E-state index in [4.69, 9.17) is 4.74 Å². The maximum Gasteiger partial charge on any atom is 0.133 e. The third-order valence-electron chi connectivity index (χ3n) is 4.18. The van der Waals surface area contributed by atoms with Gasteiger partial charge in [0.05, 0.1) is 7.11 Å². The minimum absolute atomic E-state index is 0.246. The molecule has 0 fully saturated rings. The fourth-order valence-corrected chi connectivity index (χ4v) is 2.83. The average molecular weight is 287 g/mol. The van der Waals surface area contributed by atoms with Crippen LogP contribution in [-0.4, -0.2) is 33.6 Å². The lowest BCUT2D eigenvalue weighted by Crippen LogP contribution is -2.24. The zero-order valence-electron chi connectivity index (χ0n) is 12.3.